The summed E-state index contributed by atoms with van der Waals surface area (Å²) in [6, 6.07) is 13.1. The standard InChI is InChI=1S/C17H13NS.ClH/c1-10-7-13-14-9-19-16-6-4-3-5-12(16)17(14)18-15(13)8-11(10)2;/h3-9H,1-2H3;1H. The molecule has 1 N–H and O–H groups in total. The summed E-state index contributed by atoms with van der Waals surface area (Å²) in [5, 5.41) is 4.92. The smallest absolute Gasteiger partial charge is 0.221 e. The Morgan fingerprint density at radius 2 is 1.70 bits per heavy atom. The highest BCUT2D eigenvalue weighted by atomic mass is 35.5. The molecule has 0 unspecified atom stereocenters. The van der Waals surface area contributed by atoms with E-state index in [1.807, 2.05) is 11.3 Å². The quantitative estimate of drug-likeness (QED) is 0.468. The zero-order valence-corrected chi connectivity index (χ0v) is 12.9. The summed E-state index contributed by atoms with van der Waals surface area (Å²) < 4.78 is 1.33. The molecule has 0 bridgehead atoms. The number of aromatic nitrogens is 1. The predicted molar refractivity (Wildman–Crippen MR) is 82.0 cm³/mol. The van der Waals surface area contributed by atoms with E-state index in [2.05, 4.69) is 60.6 Å². The maximum atomic E-state index is 3.60. The molecule has 0 atom stereocenters. The molecule has 0 saturated carbocycles. The summed E-state index contributed by atoms with van der Waals surface area (Å²) in [5.74, 6) is 0. The van der Waals surface area contributed by atoms with Crippen molar-refractivity contribution in [1.82, 2.24) is 0 Å². The Kier molecular flexibility index (Phi) is 3.15. The Bertz CT molecular complexity index is 894. The minimum atomic E-state index is 0. The molecule has 20 heavy (non-hydrogen) atoms. The average molecular weight is 300 g/mol. The molecule has 0 aromatic heterocycles. The number of hydrogen-bond acceptors (Lipinski definition) is 1. The second-order valence-electron chi connectivity index (χ2n) is 5.13. The van der Waals surface area contributed by atoms with Crippen molar-refractivity contribution in [2.75, 3.05) is 0 Å². The molecular weight excluding hydrogens is 286 g/mol. The molecule has 0 saturated heterocycles. The van der Waals surface area contributed by atoms with Crippen LogP contribution in [0.2, 0.25) is 0 Å². The summed E-state index contributed by atoms with van der Waals surface area (Å²) in [6.07, 6.45) is 0. The second-order valence-corrected chi connectivity index (χ2v) is 6.04. The predicted octanol–water partition coefficient (Wildman–Crippen LogP) is 1.59. The minimum absolute atomic E-state index is 0. The Hall–Kier alpha value is -1.64. The number of nitrogens with one attached hydrogen (secondary N) is 1. The number of fused-ring (bicyclic) bond motifs is 5. The fourth-order valence-electron chi connectivity index (χ4n) is 2.71. The Labute approximate surface area is 128 Å². The molecule has 0 fully saturated rings. The van der Waals surface area contributed by atoms with Crippen LogP contribution >= 0.6 is 11.3 Å². The van der Waals surface area contributed by atoms with Crippen LogP contribution in [-0.4, -0.2) is 0 Å². The van der Waals surface area contributed by atoms with Gasteiger partial charge in [-0.2, -0.15) is 0 Å². The topological polar surface area (TPSA) is 14.1 Å². The van der Waals surface area contributed by atoms with Gasteiger partial charge in [-0.15, -0.1) is 11.3 Å². The first-order valence-electron chi connectivity index (χ1n) is 6.46. The largest absolute Gasteiger partial charge is 1.00 e. The van der Waals surface area contributed by atoms with Crippen LogP contribution in [0.25, 0.3) is 32.2 Å². The number of H-pyrrole nitrogens is 1. The molecule has 2 heterocycles. The lowest BCUT2D eigenvalue weighted by Crippen LogP contribution is -3.00. The van der Waals surface area contributed by atoms with Crippen LogP contribution < -0.4 is 17.4 Å². The van der Waals surface area contributed by atoms with Gasteiger partial charge in [-0.3, -0.25) is 0 Å². The number of benzene rings is 2. The molecule has 0 amide bonds. The van der Waals surface area contributed by atoms with E-state index in [9.17, 15) is 0 Å². The van der Waals surface area contributed by atoms with Crippen LogP contribution in [0.1, 0.15) is 11.1 Å². The first-order chi connectivity index (χ1) is 9.24. The summed E-state index contributed by atoms with van der Waals surface area (Å²) in [4.78, 5) is 3.60. The van der Waals surface area contributed by atoms with E-state index < -0.39 is 0 Å². The number of aryl methyl sites for hydroxylation is 2. The van der Waals surface area contributed by atoms with Crippen molar-refractivity contribution in [3.8, 4) is 11.3 Å². The molecule has 2 aromatic rings. The zero-order chi connectivity index (χ0) is 13.0. The maximum Gasteiger partial charge on any atom is 0.221 e. The molecule has 0 radical (unpaired) electrons. The fraction of sp³-hybridized carbons (Fsp3) is 0.118. The highest BCUT2D eigenvalue weighted by molar-refractivity contribution is 7.17. The van der Waals surface area contributed by atoms with Gasteiger partial charge in [-0.25, -0.2) is 4.98 Å². The highest BCUT2D eigenvalue weighted by Gasteiger charge is 2.22. The van der Waals surface area contributed by atoms with Gasteiger partial charge in [0.1, 0.15) is 0 Å². The van der Waals surface area contributed by atoms with E-state index >= 15 is 0 Å². The van der Waals surface area contributed by atoms with E-state index in [-0.39, 0.29) is 12.4 Å². The van der Waals surface area contributed by atoms with Crippen LogP contribution in [0.15, 0.2) is 41.8 Å². The fourth-order valence-corrected chi connectivity index (χ4v) is 3.66. The third kappa shape index (κ3) is 1.80. The molecular formula is C17H14ClNS. The van der Waals surface area contributed by atoms with Crippen molar-refractivity contribution >= 4 is 32.3 Å². The molecule has 2 aromatic carbocycles. The molecule has 2 aliphatic rings. The molecule has 4 rings (SSSR count). The van der Waals surface area contributed by atoms with Gasteiger partial charge in [-0.1, -0.05) is 12.1 Å². The van der Waals surface area contributed by atoms with Gasteiger partial charge >= 0.3 is 0 Å². The van der Waals surface area contributed by atoms with E-state index in [0.29, 0.717) is 0 Å². The lowest BCUT2D eigenvalue weighted by atomic mass is 10.0. The molecule has 0 spiro atoms. The van der Waals surface area contributed by atoms with E-state index in [0.717, 1.165) is 0 Å². The number of halogens is 1. The van der Waals surface area contributed by atoms with Gasteiger partial charge in [0.2, 0.25) is 11.2 Å². The van der Waals surface area contributed by atoms with Crippen molar-refractivity contribution < 1.29 is 17.4 Å². The summed E-state index contributed by atoms with van der Waals surface area (Å²) in [6.45, 7) is 4.35. The third-order valence-corrected chi connectivity index (χ3v) is 4.88. The Morgan fingerprint density at radius 1 is 0.950 bits per heavy atom. The van der Waals surface area contributed by atoms with Gasteiger partial charge in [0.25, 0.3) is 0 Å². The molecule has 100 valence electrons. The number of rotatable bonds is 0. The van der Waals surface area contributed by atoms with Gasteiger partial charge in [0.05, 0.1) is 16.3 Å². The average Bonchev–Trinajstić information content (AvgIpc) is 2.77. The monoisotopic (exact) mass is 299 g/mol. The Balaban J connectivity index is 0.00000121. The first-order valence-corrected chi connectivity index (χ1v) is 7.34. The Morgan fingerprint density at radius 3 is 2.55 bits per heavy atom. The van der Waals surface area contributed by atoms with Gasteiger partial charge in [0, 0.05) is 16.1 Å². The van der Waals surface area contributed by atoms with E-state index in [1.165, 1.54) is 43.4 Å². The van der Waals surface area contributed by atoms with Crippen LogP contribution in [0.5, 0.6) is 0 Å². The van der Waals surface area contributed by atoms with Gasteiger partial charge < -0.3 is 12.4 Å². The van der Waals surface area contributed by atoms with Crippen molar-refractivity contribution in [2.24, 2.45) is 0 Å². The minimum Gasteiger partial charge on any atom is -1.00 e. The molecule has 0 aliphatic carbocycles. The third-order valence-electron chi connectivity index (χ3n) is 3.91. The maximum absolute atomic E-state index is 3.60. The summed E-state index contributed by atoms with van der Waals surface area (Å²) in [5.41, 5.74) is 6.52. The molecule has 1 nitrogen and oxygen atoms in total. The zero-order valence-electron chi connectivity index (χ0n) is 11.3. The van der Waals surface area contributed by atoms with Crippen molar-refractivity contribution in [3.05, 3.63) is 52.9 Å². The second kappa shape index (κ2) is 4.72. The lowest BCUT2D eigenvalue weighted by Gasteiger charge is -1.99. The first kappa shape index (κ1) is 13.3. The van der Waals surface area contributed by atoms with Crippen LogP contribution in [-0.2, 0) is 0 Å². The van der Waals surface area contributed by atoms with Crippen LogP contribution in [0, 0.1) is 13.8 Å². The van der Waals surface area contributed by atoms with Crippen molar-refractivity contribution in [2.45, 2.75) is 13.8 Å². The normalized spacial score (nSPS) is 11.1. The molecule has 3 heteroatoms. The number of hydrogen-bond donors (Lipinski definition) is 0. The number of aromatic amines is 1. The van der Waals surface area contributed by atoms with Gasteiger partial charge in [0.15, 0.2) is 0 Å². The van der Waals surface area contributed by atoms with Gasteiger partial charge in [-0.05, 0) is 43.2 Å². The van der Waals surface area contributed by atoms with Crippen molar-refractivity contribution in [3.63, 3.8) is 0 Å². The SMILES string of the molecule is Cc1cc2[nH+]c3c4ccccc4scc-3c2cc1C.[Cl-]. The molecule has 2 aliphatic heterocycles. The van der Waals surface area contributed by atoms with Crippen LogP contribution in [0.4, 0.5) is 0 Å². The summed E-state index contributed by atoms with van der Waals surface area (Å²) in [7, 11) is 0. The highest BCUT2D eigenvalue weighted by Crippen LogP contribution is 2.36. The summed E-state index contributed by atoms with van der Waals surface area (Å²) >= 11 is 1.82. The van der Waals surface area contributed by atoms with Crippen LogP contribution in [0.3, 0.4) is 0 Å². The van der Waals surface area contributed by atoms with E-state index in [4.69, 9.17) is 0 Å². The lowest BCUT2D eigenvalue weighted by molar-refractivity contribution is -0.325. The van der Waals surface area contributed by atoms with E-state index in [1.54, 1.807) is 0 Å². The van der Waals surface area contributed by atoms with Crippen molar-refractivity contribution in [1.29, 1.82) is 0 Å².